The maximum absolute atomic E-state index is 12.7. The van der Waals surface area contributed by atoms with Crippen molar-refractivity contribution in [2.75, 3.05) is 18.6 Å². The summed E-state index contributed by atoms with van der Waals surface area (Å²) in [6.07, 6.45) is 4.94. The van der Waals surface area contributed by atoms with E-state index in [9.17, 15) is 14.9 Å². The number of carbonyl (C=O) groups is 1. The van der Waals surface area contributed by atoms with Gasteiger partial charge in [0, 0.05) is 29.2 Å². The zero-order chi connectivity index (χ0) is 26.2. The van der Waals surface area contributed by atoms with Crippen LogP contribution >= 0.6 is 0 Å². The van der Waals surface area contributed by atoms with Gasteiger partial charge in [0.25, 0.3) is 5.69 Å². The second-order valence-electron chi connectivity index (χ2n) is 9.49. The fourth-order valence-electron chi connectivity index (χ4n) is 4.71. The van der Waals surface area contributed by atoms with Crippen LogP contribution < -0.4 is 15.1 Å². The van der Waals surface area contributed by atoms with E-state index in [1.807, 2.05) is 6.92 Å². The molecule has 9 nitrogen and oxygen atoms in total. The van der Waals surface area contributed by atoms with Gasteiger partial charge in [0.2, 0.25) is 0 Å². The molecule has 0 saturated carbocycles. The van der Waals surface area contributed by atoms with Gasteiger partial charge in [0.05, 0.1) is 29.9 Å². The summed E-state index contributed by atoms with van der Waals surface area (Å²) in [4.78, 5) is 25.7. The third-order valence-corrected chi connectivity index (χ3v) is 6.40. The van der Waals surface area contributed by atoms with E-state index in [1.54, 1.807) is 6.21 Å². The number of fused-ring (bicyclic) bond motifs is 2. The molecule has 36 heavy (non-hydrogen) atoms. The van der Waals surface area contributed by atoms with Gasteiger partial charge in [-0.1, -0.05) is 13.0 Å². The second-order valence-corrected chi connectivity index (χ2v) is 9.49. The number of nitrogens with one attached hydrogen (secondary N) is 1. The third kappa shape index (κ3) is 4.56. The van der Waals surface area contributed by atoms with E-state index >= 15 is 0 Å². The minimum atomic E-state index is -0.574. The van der Waals surface area contributed by atoms with E-state index in [1.165, 1.54) is 36.6 Å². The van der Waals surface area contributed by atoms with E-state index in [2.05, 4.69) is 61.3 Å². The Kier molecular flexibility index (Phi) is 6.58. The monoisotopic (exact) mass is 490 g/mol. The van der Waals surface area contributed by atoms with Crippen molar-refractivity contribution in [1.82, 2.24) is 5.43 Å². The molecule has 188 valence electrons. The lowest BCUT2D eigenvalue weighted by Crippen LogP contribution is -2.45. The maximum atomic E-state index is 12.7. The Hall–Kier alpha value is -4.14. The number of allylic oxidation sites excluding steroid dienone is 1. The fourth-order valence-corrected chi connectivity index (χ4v) is 4.71. The highest BCUT2D eigenvalue weighted by Crippen LogP contribution is 2.40. The number of hydrazone groups is 1. The predicted molar refractivity (Wildman–Crippen MR) is 141 cm³/mol. The molecule has 1 aliphatic heterocycles. The standard InChI is InChI=1S/C27H30N4O5/c1-7-8-30-22-9-16(2)19(11-21(22)17(3)14-27(30,4)5)15-28-29-26(32)24-12-18-10-20(31(33)34)13-23(35-6)25(18)36-24/h9-15H,7-8H2,1-6H3,(H,29,32)/b28-15-. The molecule has 9 heteroatoms. The van der Waals surface area contributed by atoms with Gasteiger partial charge in [0.15, 0.2) is 17.1 Å². The molecule has 1 N–H and O–H groups in total. The SMILES string of the molecule is CCCN1c2cc(C)c(/C=N\NC(=O)c3cc4cc([N+](=O)[O-])cc(OC)c4o3)cc2C(C)=CC1(C)C. The summed E-state index contributed by atoms with van der Waals surface area (Å²) in [5, 5.41) is 15.7. The van der Waals surface area contributed by atoms with E-state index in [-0.39, 0.29) is 28.3 Å². The molecule has 0 bridgehead atoms. The van der Waals surface area contributed by atoms with Gasteiger partial charge in [-0.2, -0.15) is 5.10 Å². The first-order valence-electron chi connectivity index (χ1n) is 11.8. The first-order valence-corrected chi connectivity index (χ1v) is 11.8. The van der Waals surface area contributed by atoms with Gasteiger partial charge in [0.1, 0.15) is 0 Å². The number of rotatable bonds is 7. The summed E-state index contributed by atoms with van der Waals surface area (Å²) in [7, 11) is 1.38. The lowest BCUT2D eigenvalue weighted by molar-refractivity contribution is -0.384. The van der Waals surface area contributed by atoms with Crippen molar-refractivity contribution in [2.24, 2.45) is 5.10 Å². The summed E-state index contributed by atoms with van der Waals surface area (Å²) < 4.78 is 10.8. The van der Waals surface area contributed by atoms with Crippen LogP contribution in [0.1, 0.15) is 61.4 Å². The summed E-state index contributed by atoms with van der Waals surface area (Å²) >= 11 is 0. The Morgan fingerprint density at radius 3 is 2.67 bits per heavy atom. The number of aryl methyl sites for hydroxylation is 1. The zero-order valence-electron chi connectivity index (χ0n) is 21.3. The molecular formula is C27H30N4O5. The largest absolute Gasteiger partial charge is 0.493 e. The molecule has 4 rings (SSSR count). The van der Waals surface area contributed by atoms with E-state index in [0.717, 1.165) is 29.7 Å². The molecule has 1 aliphatic rings. The quantitative estimate of drug-likeness (QED) is 0.253. The molecule has 1 amide bonds. The zero-order valence-corrected chi connectivity index (χ0v) is 21.3. The number of amides is 1. The van der Waals surface area contributed by atoms with Gasteiger partial charge in [-0.15, -0.1) is 0 Å². The number of nitro groups is 1. The predicted octanol–water partition coefficient (Wildman–Crippen LogP) is 5.83. The number of nitro benzene ring substituents is 1. The lowest BCUT2D eigenvalue weighted by Gasteiger charge is -2.43. The Balaban J connectivity index is 1.58. The molecule has 0 unspecified atom stereocenters. The number of benzene rings is 2. The molecule has 2 aromatic carbocycles. The van der Waals surface area contributed by atoms with Crippen molar-refractivity contribution in [3.63, 3.8) is 0 Å². The highest BCUT2D eigenvalue weighted by molar-refractivity contribution is 5.98. The number of non-ortho nitro benzene ring substituents is 1. The molecule has 3 aromatic rings. The van der Waals surface area contributed by atoms with Crippen molar-refractivity contribution >= 4 is 40.0 Å². The second kappa shape index (κ2) is 9.49. The van der Waals surface area contributed by atoms with E-state index < -0.39 is 10.8 Å². The summed E-state index contributed by atoms with van der Waals surface area (Å²) in [6.45, 7) is 11.7. The maximum Gasteiger partial charge on any atom is 0.307 e. The third-order valence-electron chi connectivity index (χ3n) is 6.40. The summed E-state index contributed by atoms with van der Waals surface area (Å²) in [5.41, 5.74) is 7.99. The minimum Gasteiger partial charge on any atom is -0.493 e. The first-order chi connectivity index (χ1) is 17.1. The van der Waals surface area contributed by atoms with Gasteiger partial charge in [-0.25, -0.2) is 5.43 Å². The van der Waals surface area contributed by atoms with Crippen LogP contribution in [0, 0.1) is 17.0 Å². The molecule has 0 radical (unpaired) electrons. The van der Waals surface area contributed by atoms with Crippen LogP contribution in [0.4, 0.5) is 11.4 Å². The van der Waals surface area contributed by atoms with Crippen molar-refractivity contribution in [2.45, 2.75) is 46.6 Å². The molecule has 0 aliphatic carbocycles. The smallest absolute Gasteiger partial charge is 0.307 e. The van der Waals surface area contributed by atoms with Gasteiger partial charge in [-0.05, 0) is 69.0 Å². The highest BCUT2D eigenvalue weighted by atomic mass is 16.6. The molecule has 2 heterocycles. The summed E-state index contributed by atoms with van der Waals surface area (Å²) in [6, 6.07) is 8.28. The van der Waals surface area contributed by atoms with Crippen LogP contribution in [0.3, 0.4) is 0 Å². The normalized spacial score (nSPS) is 14.6. The Bertz CT molecular complexity index is 1420. The van der Waals surface area contributed by atoms with Crippen LogP contribution in [0.2, 0.25) is 0 Å². The number of hydrogen-bond acceptors (Lipinski definition) is 7. The topological polar surface area (TPSA) is 110 Å². The van der Waals surface area contributed by atoms with Crippen LogP contribution in [0.25, 0.3) is 16.5 Å². The number of furan rings is 1. The highest BCUT2D eigenvalue weighted by Gasteiger charge is 2.31. The molecule has 0 saturated heterocycles. The minimum absolute atomic E-state index is 0.0284. The van der Waals surface area contributed by atoms with Crippen molar-refractivity contribution in [3.8, 4) is 5.75 Å². The Morgan fingerprint density at radius 2 is 2.00 bits per heavy atom. The average molecular weight is 491 g/mol. The first kappa shape index (κ1) is 25.0. The average Bonchev–Trinajstić information content (AvgIpc) is 3.26. The molecule has 0 fully saturated rings. The molecule has 0 atom stereocenters. The summed E-state index contributed by atoms with van der Waals surface area (Å²) in [5.74, 6) is -0.427. The van der Waals surface area contributed by atoms with Gasteiger partial charge >= 0.3 is 5.91 Å². The number of anilines is 1. The van der Waals surface area contributed by atoms with Gasteiger partial charge in [-0.3, -0.25) is 14.9 Å². The van der Waals surface area contributed by atoms with Crippen LogP contribution in [-0.4, -0.2) is 36.2 Å². The number of hydrogen-bond donors (Lipinski definition) is 1. The van der Waals surface area contributed by atoms with Crippen molar-refractivity contribution in [1.29, 1.82) is 0 Å². The molecule has 0 spiro atoms. The van der Waals surface area contributed by atoms with Crippen molar-refractivity contribution in [3.05, 3.63) is 69.0 Å². The molecule has 1 aromatic heterocycles. The number of ether oxygens (including phenoxy) is 1. The van der Waals surface area contributed by atoms with Gasteiger partial charge < -0.3 is 14.1 Å². The number of nitrogens with zero attached hydrogens (tertiary/aromatic N) is 3. The van der Waals surface area contributed by atoms with Crippen LogP contribution in [0.5, 0.6) is 5.75 Å². The number of carbonyl (C=O) groups excluding carboxylic acids is 1. The Morgan fingerprint density at radius 1 is 1.25 bits per heavy atom. The molecular weight excluding hydrogens is 460 g/mol. The lowest BCUT2D eigenvalue weighted by atomic mass is 9.87. The number of methoxy groups -OCH3 is 1. The Labute approximate surface area is 209 Å². The van der Waals surface area contributed by atoms with Crippen LogP contribution in [-0.2, 0) is 0 Å². The van der Waals surface area contributed by atoms with E-state index in [4.69, 9.17) is 9.15 Å². The van der Waals surface area contributed by atoms with Crippen molar-refractivity contribution < 1.29 is 18.9 Å². The van der Waals surface area contributed by atoms with E-state index in [0.29, 0.717) is 5.39 Å². The fraction of sp³-hybridized carbons (Fsp3) is 0.333. The van der Waals surface area contributed by atoms with Crippen LogP contribution in [0.15, 0.2) is 45.9 Å².